The number of benzene rings is 2. The van der Waals surface area contributed by atoms with Gasteiger partial charge in [-0.2, -0.15) is 0 Å². The van der Waals surface area contributed by atoms with Gasteiger partial charge < -0.3 is 0 Å². The summed E-state index contributed by atoms with van der Waals surface area (Å²) in [6, 6.07) is 3.49. The van der Waals surface area contributed by atoms with E-state index in [1.54, 1.807) is 0 Å². The highest BCUT2D eigenvalue weighted by atomic mass is 32.1. The molecule has 12 heteroatoms. The zero-order chi connectivity index (χ0) is 24.4. The minimum absolute atomic E-state index is 0.201. The predicted octanol–water partition coefficient (Wildman–Crippen LogP) is 8.51. The van der Waals surface area contributed by atoms with Gasteiger partial charge in [0.1, 0.15) is 0 Å². The van der Waals surface area contributed by atoms with Crippen molar-refractivity contribution in [2.45, 2.75) is 6.92 Å². The molecule has 4 aromatic rings. The molecule has 0 unspecified atom stereocenters. The number of hydrogen-bond donors (Lipinski definition) is 0. The Bertz CT molecular complexity index is 1380. The molecule has 0 N–H and O–H groups in total. The van der Waals surface area contributed by atoms with Crippen LogP contribution in [0.4, 0.5) is 43.9 Å². The maximum absolute atomic E-state index is 14.2. The van der Waals surface area contributed by atoms with E-state index < -0.39 is 69.3 Å². The molecule has 0 saturated heterocycles. The van der Waals surface area contributed by atoms with E-state index in [0.29, 0.717) is 28.2 Å². The summed E-state index contributed by atoms with van der Waals surface area (Å²) in [6.07, 6.45) is 0. The number of halogens is 10. The van der Waals surface area contributed by atoms with Gasteiger partial charge in [0.2, 0.25) is 11.6 Å². The van der Waals surface area contributed by atoms with Crippen molar-refractivity contribution in [2.24, 2.45) is 0 Å². The summed E-state index contributed by atoms with van der Waals surface area (Å²) in [6.45, 7) is 1.44. The first-order valence-electron chi connectivity index (χ1n) is 8.69. The highest BCUT2D eigenvalue weighted by Gasteiger charge is 2.29. The Hall–Kier alpha value is -2.86. The van der Waals surface area contributed by atoms with Crippen molar-refractivity contribution in [3.63, 3.8) is 0 Å². The maximum atomic E-state index is 14.2. The van der Waals surface area contributed by atoms with E-state index in [-0.39, 0.29) is 19.5 Å². The Morgan fingerprint density at radius 2 is 0.818 bits per heavy atom. The molecule has 0 fully saturated rings. The molecule has 0 aliphatic heterocycles. The van der Waals surface area contributed by atoms with E-state index in [1.165, 1.54) is 13.0 Å². The van der Waals surface area contributed by atoms with Crippen LogP contribution in [0.15, 0.2) is 18.2 Å². The number of rotatable bonds is 3. The van der Waals surface area contributed by atoms with Crippen LogP contribution in [0.25, 0.3) is 30.6 Å². The van der Waals surface area contributed by atoms with E-state index in [9.17, 15) is 43.9 Å². The van der Waals surface area contributed by atoms with Crippen molar-refractivity contribution >= 4 is 22.7 Å². The second-order valence-corrected chi connectivity index (χ2v) is 8.81. The summed E-state index contributed by atoms with van der Waals surface area (Å²) < 4.78 is 137. The van der Waals surface area contributed by atoms with Gasteiger partial charge in [-0.3, -0.25) is 0 Å². The smallest absolute Gasteiger partial charge is 0.200 e. The third kappa shape index (κ3) is 3.52. The Balaban J connectivity index is 1.84. The zero-order valence-corrected chi connectivity index (χ0v) is 17.5. The molecule has 2 aromatic carbocycles. The van der Waals surface area contributed by atoms with Crippen molar-refractivity contribution in [3.8, 4) is 30.6 Å². The summed E-state index contributed by atoms with van der Waals surface area (Å²) in [5.74, 6) is -21.3. The molecule has 0 nitrogen and oxygen atoms in total. The molecule has 0 spiro atoms. The first kappa shape index (κ1) is 23.3. The number of thiophene rings is 2. The first-order chi connectivity index (χ1) is 15.5. The van der Waals surface area contributed by atoms with Gasteiger partial charge in [0.25, 0.3) is 0 Å². The van der Waals surface area contributed by atoms with E-state index in [4.69, 9.17) is 0 Å². The van der Waals surface area contributed by atoms with Gasteiger partial charge in [-0.1, -0.05) is 0 Å². The van der Waals surface area contributed by atoms with Crippen LogP contribution in [0.1, 0.15) is 5.56 Å². The zero-order valence-electron chi connectivity index (χ0n) is 15.8. The van der Waals surface area contributed by atoms with Gasteiger partial charge in [-0.15, -0.1) is 22.7 Å². The fourth-order valence-electron chi connectivity index (χ4n) is 3.09. The van der Waals surface area contributed by atoms with E-state index in [1.807, 2.05) is 0 Å². The van der Waals surface area contributed by atoms with Crippen molar-refractivity contribution in [1.82, 2.24) is 0 Å². The van der Waals surface area contributed by atoms with Crippen LogP contribution >= 0.6 is 22.7 Å². The lowest BCUT2D eigenvalue weighted by atomic mass is 10.1. The van der Waals surface area contributed by atoms with Crippen LogP contribution in [-0.2, 0) is 0 Å². The normalized spacial score (nSPS) is 11.5. The average Bonchev–Trinajstić information content (AvgIpc) is 3.40. The summed E-state index contributed by atoms with van der Waals surface area (Å²) >= 11 is 1.23. The van der Waals surface area contributed by atoms with Gasteiger partial charge in [0.15, 0.2) is 46.5 Å². The molecule has 172 valence electrons. The minimum atomic E-state index is -2.31. The van der Waals surface area contributed by atoms with Crippen LogP contribution in [0, 0.1) is 65.1 Å². The fraction of sp³-hybridized carbons (Fsp3) is 0.0476. The molecule has 0 amide bonds. The van der Waals surface area contributed by atoms with Crippen molar-refractivity contribution in [3.05, 3.63) is 81.9 Å². The van der Waals surface area contributed by atoms with Crippen LogP contribution in [0.3, 0.4) is 0 Å². The van der Waals surface area contributed by atoms with Gasteiger partial charge in [0, 0.05) is 19.5 Å². The van der Waals surface area contributed by atoms with Gasteiger partial charge >= 0.3 is 0 Å². The summed E-state index contributed by atoms with van der Waals surface area (Å²) in [5.41, 5.74) is -2.00. The lowest BCUT2D eigenvalue weighted by molar-refractivity contribution is 0.381. The van der Waals surface area contributed by atoms with Crippen molar-refractivity contribution in [2.75, 3.05) is 0 Å². The summed E-state index contributed by atoms with van der Waals surface area (Å²) in [5, 5.41) is 0. The predicted molar refractivity (Wildman–Crippen MR) is 103 cm³/mol. The molecule has 0 aliphatic carbocycles. The average molecular weight is 512 g/mol. The monoisotopic (exact) mass is 512 g/mol. The SMILES string of the molecule is Cc1cc(-c2c(F)c(F)c(F)c(F)c2F)sc1-c1ccc(-c2c(F)c(F)c(F)c(F)c2F)s1. The van der Waals surface area contributed by atoms with Crippen molar-refractivity contribution < 1.29 is 43.9 Å². The highest BCUT2D eigenvalue weighted by molar-refractivity contribution is 7.25. The summed E-state index contributed by atoms with van der Waals surface area (Å²) in [7, 11) is 0. The van der Waals surface area contributed by atoms with Crippen LogP contribution in [0.5, 0.6) is 0 Å². The molecular formula is C21H6F10S2. The molecule has 0 aliphatic rings. The standard InChI is InChI=1S/C21H6F10S2/c1-5-4-8(10-13(24)17(28)20(31)18(29)14(10)25)33-21(5)7-3-2-6(32-7)9-11(22)15(26)19(30)16(27)12(9)23/h2-4H,1H3. The van der Waals surface area contributed by atoms with Crippen LogP contribution < -0.4 is 0 Å². The largest absolute Gasteiger partial charge is 0.203 e. The van der Waals surface area contributed by atoms with Crippen molar-refractivity contribution in [1.29, 1.82) is 0 Å². The third-order valence-corrected chi connectivity index (χ3v) is 7.20. The Labute approximate surface area is 186 Å². The molecule has 2 heterocycles. The molecule has 0 radical (unpaired) electrons. The summed E-state index contributed by atoms with van der Waals surface area (Å²) in [4.78, 5) is -0.217. The molecule has 33 heavy (non-hydrogen) atoms. The number of hydrogen-bond acceptors (Lipinski definition) is 2. The van der Waals surface area contributed by atoms with Gasteiger partial charge in [-0.25, -0.2) is 43.9 Å². The minimum Gasteiger partial charge on any atom is -0.203 e. The first-order valence-corrected chi connectivity index (χ1v) is 10.3. The second kappa shape index (κ2) is 8.17. The lowest BCUT2D eigenvalue weighted by Gasteiger charge is -2.06. The maximum Gasteiger partial charge on any atom is 0.200 e. The molecule has 4 rings (SSSR count). The highest BCUT2D eigenvalue weighted by Crippen LogP contribution is 2.45. The van der Waals surface area contributed by atoms with E-state index in [2.05, 4.69) is 0 Å². The van der Waals surface area contributed by atoms with Gasteiger partial charge in [-0.05, 0) is 30.7 Å². The van der Waals surface area contributed by atoms with E-state index in [0.717, 1.165) is 12.1 Å². The molecule has 2 aromatic heterocycles. The fourth-order valence-corrected chi connectivity index (χ4v) is 5.51. The van der Waals surface area contributed by atoms with Crippen LogP contribution in [0.2, 0.25) is 0 Å². The van der Waals surface area contributed by atoms with E-state index >= 15 is 0 Å². The van der Waals surface area contributed by atoms with Gasteiger partial charge in [0.05, 0.1) is 11.1 Å². The Kier molecular flexibility index (Phi) is 5.77. The van der Waals surface area contributed by atoms with Crippen LogP contribution in [-0.4, -0.2) is 0 Å². The molecule has 0 bridgehead atoms. The lowest BCUT2D eigenvalue weighted by Crippen LogP contribution is -2.03. The molecule has 0 saturated carbocycles. The topological polar surface area (TPSA) is 0 Å². The Morgan fingerprint density at radius 1 is 0.455 bits per heavy atom. The number of aryl methyl sites for hydroxylation is 1. The Morgan fingerprint density at radius 3 is 1.27 bits per heavy atom. The second-order valence-electron chi connectivity index (χ2n) is 6.68. The molecular weight excluding hydrogens is 506 g/mol. The quantitative estimate of drug-likeness (QED) is 0.147. The third-order valence-electron chi connectivity index (χ3n) is 4.66. The molecule has 0 atom stereocenters.